The van der Waals surface area contributed by atoms with Crippen molar-refractivity contribution >= 4 is 11.6 Å². The summed E-state index contributed by atoms with van der Waals surface area (Å²) in [5.41, 5.74) is 1.49. The molecule has 1 unspecified atom stereocenters. The van der Waals surface area contributed by atoms with Crippen molar-refractivity contribution in [1.29, 1.82) is 5.26 Å². The Bertz CT molecular complexity index is 461. The molecular weight excluding hydrogens is 260 g/mol. The minimum atomic E-state index is -0.415. The molecule has 0 bridgehead atoms. The van der Waals surface area contributed by atoms with Gasteiger partial charge in [0, 0.05) is 6.54 Å². The predicted molar refractivity (Wildman–Crippen MR) is 78.3 cm³/mol. The van der Waals surface area contributed by atoms with Gasteiger partial charge in [0.25, 0.3) is 0 Å². The summed E-state index contributed by atoms with van der Waals surface area (Å²) < 4.78 is 1.95. The maximum absolute atomic E-state index is 9.17. The third kappa shape index (κ3) is 4.22. The number of hydrogen-bond acceptors (Lipinski definition) is 3. The molecule has 1 rings (SSSR count). The van der Waals surface area contributed by atoms with Crippen LogP contribution >= 0.6 is 11.6 Å². The molecule has 0 aromatic carbocycles. The number of nitrogens with one attached hydrogen (secondary N) is 1. The highest BCUT2D eigenvalue weighted by Gasteiger charge is 2.21. The van der Waals surface area contributed by atoms with E-state index in [1.54, 1.807) is 0 Å². The van der Waals surface area contributed by atoms with Crippen LogP contribution < -0.4 is 5.32 Å². The molecule has 1 heterocycles. The zero-order valence-corrected chi connectivity index (χ0v) is 13.0. The number of aryl methyl sites for hydroxylation is 2. The molecule has 1 atom stereocenters. The smallest absolute Gasteiger partial charge is 0.103 e. The van der Waals surface area contributed by atoms with Gasteiger partial charge in [-0.05, 0) is 46.6 Å². The van der Waals surface area contributed by atoms with Gasteiger partial charge in [-0.15, -0.1) is 0 Å². The minimum absolute atomic E-state index is 0.415. The Morgan fingerprint density at radius 2 is 2.11 bits per heavy atom. The number of hydrogen-bond donors (Lipinski definition) is 1. The highest BCUT2D eigenvalue weighted by atomic mass is 35.5. The Hall–Kier alpha value is -1.05. The zero-order chi connectivity index (χ0) is 14.5. The molecule has 1 N–H and O–H groups in total. The lowest BCUT2D eigenvalue weighted by atomic mass is 9.96. The monoisotopic (exact) mass is 282 g/mol. The average molecular weight is 283 g/mol. The first kappa shape index (κ1) is 16.0. The molecule has 0 aliphatic heterocycles. The van der Waals surface area contributed by atoms with Crippen molar-refractivity contribution in [1.82, 2.24) is 15.1 Å². The standard InChI is InChI=1S/C14H23ClN4/c1-5-17-14(4,10-16)8-6-7-9-19-12(3)13(15)11(2)18-19/h17H,5-9H2,1-4H3. The molecule has 0 spiro atoms. The van der Waals surface area contributed by atoms with Crippen molar-refractivity contribution in [3.05, 3.63) is 16.4 Å². The van der Waals surface area contributed by atoms with Gasteiger partial charge in [0.15, 0.2) is 0 Å². The highest BCUT2D eigenvalue weighted by molar-refractivity contribution is 6.31. The number of nitrogens with zero attached hydrogens (tertiary/aromatic N) is 3. The molecule has 0 aliphatic rings. The third-order valence-electron chi connectivity index (χ3n) is 3.40. The van der Waals surface area contributed by atoms with E-state index in [-0.39, 0.29) is 0 Å². The van der Waals surface area contributed by atoms with Crippen molar-refractivity contribution < 1.29 is 0 Å². The van der Waals surface area contributed by atoms with E-state index in [4.69, 9.17) is 16.9 Å². The molecule has 1 aromatic rings. The van der Waals surface area contributed by atoms with Gasteiger partial charge in [-0.1, -0.05) is 18.5 Å². The second-order valence-electron chi connectivity index (χ2n) is 5.14. The third-order valence-corrected chi connectivity index (χ3v) is 3.95. The van der Waals surface area contributed by atoms with Crippen LogP contribution in [0.4, 0.5) is 0 Å². The second-order valence-corrected chi connectivity index (χ2v) is 5.52. The summed E-state index contributed by atoms with van der Waals surface area (Å²) >= 11 is 6.11. The first-order chi connectivity index (χ1) is 8.93. The molecule has 106 valence electrons. The van der Waals surface area contributed by atoms with E-state index in [9.17, 15) is 0 Å². The summed E-state index contributed by atoms with van der Waals surface area (Å²) in [6.45, 7) is 9.55. The van der Waals surface area contributed by atoms with Crippen LogP contribution in [0.25, 0.3) is 0 Å². The number of rotatable bonds is 7. The van der Waals surface area contributed by atoms with Crippen molar-refractivity contribution in [3.63, 3.8) is 0 Å². The summed E-state index contributed by atoms with van der Waals surface area (Å²) in [6.07, 6.45) is 2.85. The van der Waals surface area contributed by atoms with Gasteiger partial charge >= 0.3 is 0 Å². The van der Waals surface area contributed by atoms with E-state index in [1.807, 2.05) is 32.4 Å². The molecule has 0 saturated carbocycles. The minimum Gasteiger partial charge on any atom is -0.300 e. The average Bonchev–Trinajstić information content (AvgIpc) is 2.63. The Labute approximate surface area is 120 Å². The Morgan fingerprint density at radius 1 is 1.42 bits per heavy atom. The zero-order valence-electron chi connectivity index (χ0n) is 12.3. The van der Waals surface area contributed by atoms with Gasteiger partial charge in [-0.25, -0.2) is 0 Å². The van der Waals surface area contributed by atoms with Gasteiger partial charge in [-0.3, -0.25) is 10.00 Å². The van der Waals surface area contributed by atoms with E-state index in [0.29, 0.717) is 0 Å². The maximum Gasteiger partial charge on any atom is 0.103 e. The first-order valence-corrected chi connectivity index (χ1v) is 7.17. The summed E-state index contributed by atoms with van der Waals surface area (Å²) in [6, 6.07) is 2.35. The lowest BCUT2D eigenvalue weighted by Crippen LogP contribution is -2.40. The SMILES string of the molecule is CCNC(C)(C#N)CCCCn1nc(C)c(Cl)c1C. The van der Waals surface area contributed by atoms with Crippen LogP contribution in [0.2, 0.25) is 5.02 Å². The lowest BCUT2D eigenvalue weighted by molar-refractivity contribution is 0.400. The van der Waals surface area contributed by atoms with Gasteiger partial charge in [-0.2, -0.15) is 10.4 Å². The number of halogens is 1. The van der Waals surface area contributed by atoms with Gasteiger partial charge in [0.1, 0.15) is 5.54 Å². The molecule has 0 fully saturated rings. The van der Waals surface area contributed by atoms with Crippen molar-refractivity contribution in [2.75, 3.05) is 6.54 Å². The van der Waals surface area contributed by atoms with E-state index >= 15 is 0 Å². The van der Waals surface area contributed by atoms with Crippen molar-refractivity contribution in [2.24, 2.45) is 0 Å². The molecule has 0 aliphatic carbocycles. The summed E-state index contributed by atoms with van der Waals surface area (Å²) in [4.78, 5) is 0. The molecule has 19 heavy (non-hydrogen) atoms. The summed E-state index contributed by atoms with van der Waals surface area (Å²) in [5.74, 6) is 0. The maximum atomic E-state index is 9.17. The van der Waals surface area contributed by atoms with E-state index in [2.05, 4.69) is 16.5 Å². The number of unbranched alkanes of at least 4 members (excludes halogenated alkanes) is 1. The van der Waals surface area contributed by atoms with E-state index < -0.39 is 5.54 Å². The fourth-order valence-electron chi connectivity index (χ4n) is 2.21. The molecule has 0 saturated heterocycles. The van der Waals surface area contributed by atoms with Crippen LogP contribution in [-0.4, -0.2) is 21.9 Å². The normalized spacial score (nSPS) is 14.1. The van der Waals surface area contributed by atoms with Gasteiger partial charge in [0.2, 0.25) is 0 Å². The quantitative estimate of drug-likeness (QED) is 0.781. The second kappa shape index (κ2) is 6.93. The van der Waals surface area contributed by atoms with Crippen LogP contribution in [0.1, 0.15) is 44.5 Å². The summed E-state index contributed by atoms with van der Waals surface area (Å²) in [5, 5.41) is 17.6. The van der Waals surface area contributed by atoms with E-state index in [1.165, 1.54) is 0 Å². The molecular formula is C14H23ClN4. The molecule has 0 amide bonds. The largest absolute Gasteiger partial charge is 0.300 e. The molecule has 4 nitrogen and oxygen atoms in total. The van der Waals surface area contributed by atoms with Crippen LogP contribution in [0.3, 0.4) is 0 Å². The fourth-order valence-corrected chi connectivity index (χ4v) is 2.34. The molecule has 0 radical (unpaired) electrons. The summed E-state index contributed by atoms with van der Waals surface area (Å²) in [7, 11) is 0. The Kier molecular flexibility index (Phi) is 5.84. The van der Waals surface area contributed by atoms with Crippen LogP contribution in [0.5, 0.6) is 0 Å². The Morgan fingerprint density at radius 3 is 2.58 bits per heavy atom. The Balaban J connectivity index is 2.43. The van der Waals surface area contributed by atoms with Gasteiger partial charge < -0.3 is 0 Å². The topological polar surface area (TPSA) is 53.6 Å². The first-order valence-electron chi connectivity index (χ1n) is 6.79. The highest BCUT2D eigenvalue weighted by Crippen LogP contribution is 2.20. The van der Waals surface area contributed by atoms with Gasteiger partial charge in [0.05, 0.1) is 22.5 Å². The van der Waals surface area contributed by atoms with Crippen molar-refractivity contribution in [2.45, 2.75) is 59.0 Å². The van der Waals surface area contributed by atoms with Crippen molar-refractivity contribution in [3.8, 4) is 6.07 Å². The van der Waals surface area contributed by atoms with Crippen LogP contribution in [0.15, 0.2) is 0 Å². The van der Waals surface area contributed by atoms with Crippen LogP contribution in [0, 0.1) is 25.2 Å². The number of aromatic nitrogens is 2. The van der Waals surface area contributed by atoms with E-state index in [0.717, 1.165) is 48.8 Å². The van der Waals surface area contributed by atoms with Crippen LogP contribution in [-0.2, 0) is 6.54 Å². The lowest BCUT2D eigenvalue weighted by Gasteiger charge is -2.22. The fraction of sp³-hybridized carbons (Fsp3) is 0.714. The number of nitriles is 1. The molecule has 1 aromatic heterocycles. The predicted octanol–water partition coefficient (Wildman–Crippen LogP) is 3.22. The molecule has 5 heteroatoms.